The summed E-state index contributed by atoms with van der Waals surface area (Å²) in [5.41, 5.74) is 0. The van der Waals surface area contributed by atoms with Crippen LogP contribution in [0.5, 0.6) is 0 Å². The van der Waals surface area contributed by atoms with Crippen molar-refractivity contribution in [3.05, 3.63) is 40.2 Å². The highest BCUT2D eigenvalue weighted by Gasteiger charge is 2.13. The van der Waals surface area contributed by atoms with Gasteiger partial charge in [-0.2, -0.15) is 0 Å². The van der Waals surface area contributed by atoms with Crippen LogP contribution < -0.4 is 0 Å². The van der Waals surface area contributed by atoms with Gasteiger partial charge in [0.2, 0.25) is 5.91 Å². The van der Waals surface area contributed by atoms with E-state index in [9.17, 15) is 4.79 Å². The minimum atomic E-state index is 0.125. The summed E-state index contributed by atoms with van der Waals surface area (Å²) in [4.78, 5) is 15.1. The topological polar surface area (TPSA) is 20.3 Å². The first-order valence-corrected chi connectivity index (χ1v) is 8.08. The lowest BCUT2D eigenvalue weighted by Gasteiger charge is -2.25. The van der Waals surface area contributed by atoms with Crippen LogP contribution in [0, 0.1) is 0 Å². The summed E-state index contributed by atoms with van der Waals surface area (Å²) in [6, 6.07) is 7.96. The van der Waals surface area contributed by atoms with Crippen molar-refractivity contribution >= 4 is 45.0 Å². The minimum absolute atomic E-state index is 0.125. The molecular weight excluding hydrogens is 290 g/mol. The number of hydrogen-bond acceptors (Lipinski definition) is 2. The Morgan fingerprint density at radius 1 is 1.20 bits per heavy atom. The number of carbonyl (C=O) groups is 1. The van der Waals surface area contributed by atoms with Crippen molar-refractivity contribution in [2.45, 2.75) is 19.3 Å². The molecule has 2 aromatic rings. The van der Waals surface area contributed by atoms with Crippen molar-refractivity contribution in [1.82, 2.24) is 4.90 Å². The van der Waals surface area contributed by atoms with Gasteiger partial charge in [0.1, 0.15) is 0 Å². The van der Waals surface area contributed by atoms with E-state index in [4.69, 9.17) is 11.6 Å². The molecule has 1 fully saturated rings. The number of carbonyl (C=O) groups excluding carboxylic acids is 1. The Hall–Kier alpha value is -1.32. The van der Waals surface area contributed by atoms with E-state index in [1.807, 2.05) is 29.2 Å². The van der Waals surface area contributed by atoms with E-state index in [1.165, 1.54) is 11.8 Å². The molecule has 0 saturated carbocycles. The fourth-order valence-electron chi connectivity index (χ4n) is 2.48. The number of benzene rings is 1. The van der Waals surface area contributed by atoms with Gasteiger partial charge in [-0.3, -0.25) is 4.79 Å². The molecule has 2 nitrogen and oxygen atoms in total. The SMILES string of the molecule is O=C(/C=C/c1cc2ccc(Cl)cc2s1)N1CCCCC1. The molecule has 0 bridgehead atoms. The Kier molecular flexibility index (Phi) is 4.08. The van der Waals surface area contributed by atoms with Gasteiger partial charge in [-0.25, -0.2) is 0 Å². The average molecular weight is 306 g/mol. The molecule has 1 aromatic heterocycles. The molecule has 0 N–H and O–H groups in total. The maximum Gasteiger partial charge on any atom is 0.246 e. The van der Waals surface area contributed by atoms with Crippen molar-refractivity contribution in [2.75, 3.05) is 13.1 Å². The Labute approximate surface area is 127 Å². The largest absolute Gasteiger partial charge is 0.339 e. The van der Waals surface area contributed by atoms with E-state index in [0.717, 1.165) is 40.5 Å². The number of amides is 1. The van der Waals surface area contributed by atoms with Gasteiger partial charge in [-0.1, -0.05) is 17.7 Å². The molecule has 1 aliphatic rings. The lowest BCUT2D eigenvalue weighted by atomic mass is 10.1. The fourth-order valence-corrected chi connectivity index (χ4v) is 3.72. The summed E-state index contributed by atoms with van der Waals surface area (Å²) < 4.78 is 1.16. The molecule has 0 radical (unpaired) electrons. The summed E-state index contributed by atoms with van der Waals surface area (Å²) in [5.74, 6) is 0.125. The number of nitrogens with zero attached hydrogens (tertiary/aromatic N) is 1. The van der Waals surface area contributed by atoms with Crippen LogP contribution in [-0.4, -0.2) is 23.9 Å². The standard InChI is InChI=1S/C16H16ClNOS/c17-13-5-4-12-10-14(20-15(12)11-13)6-7-16(19)18-8-2-1-3-9-18/h4-7,10-11H,1-3,8-9H2/b7-6+. The number of hydrogen-bond donors (Lipinski definition) is 0. The first-order chi connectivity index (χ1) is 9.72. The molecule has 1 amide bonds. The molecule has 20 heavy (non-hydrogen) atoms. The molecule has 2 heterocycles. The van der Waals surface area contributed by atoms with Crippen LogP contribution in [0.3, 0.4) is 0 Å². The second kappa shape index (κ2) is 5.98. The summed E-state index contributed by atoms with van der Waals surface area (Å²) >= 11 is 7.64. The lowest BCUT2D eigenvalue weighted by Crippen LogP contribution is -2.34. The van der Waals surface area contributed by atoms with Crippen LogP contribution in [-0.2, 0) is 4.79 Å². The zero-order valence-electron chi connectivity index (χ0n) is 11.1. The van der Waals surface area contributed by atoms with Gasteiger partial charge in [0.05, 0.1) is 0 Å². The Morgan fingerprint density at radius 2 is 2.00 bits per heavy atom. The maximum absolute atomic E-state index is 12.1. The van der Waals surface area contributed by atoms with E-state index in [1.54, 1.807) is 17.4 Å². The molecule has 0 spiro atoms. The summed E-state index contributed by atoms with van der Waals surface area (Å²) in [6.45, 7) is 1.79. The number of likely N-dealkylation sites (tertiary alicyclic amines) is 1. The van der Waals surface area contributed by atoms with Gasteiger partial charge in [-0.05, 0) is 48.9 Å². The van der Waals surface area contributed by atoms with E-state index in [2.05, 4.69) is 6.07 Å². The molecular formula is C16H16ClNOS. The molecule has 1 aromatic carbocycles. The predicted molar refractivity (Wildman–Crippen MR) is 86.3 cm³/mol. The van der Waals surface area contributed by atoms with Gasteiger partial charge in [-0.15, -0.1) is 11.3 Å². The molecule has 1 aliphatic heterocycles. The maximum atomic E-state index is 12.1. The van der Waals surface area contributed by atoms with Gasteiger partial charge < -0.3 is 4.90 Å². The molecule has 0 aliphatic carbocycles. The monoisotopic (exact) mass is 305 g/mol. The van der Waals surface area contributed by atoms with Crippen LogP contribution in [0.4, 0.5) is 0 Å². The number of halogens is 1. The zero-order chi connectivity index (χ0) is 13.9. The highest BCUT2D eigenvalue weighted by molar-refractivity contribution is 7.19. The Morgan fingerprint density at radius 3 is 2.80 bits per heavy atom. The summed E-state index contributed by atoms with van der Waals surface area (Å²) in [6.07, 6.45) is 7.10. The lowest BCUT2D eigenvalue weighted by molar-refractivity contribution is -0.126. The normalized spacial score (nSPS) is 16.1. The van der Waals surface area contributed by atoms with Gasteiger partial charge in [0, 0.05) is 33.8 Å². The number of piperidine rings is 1. The minimum Gasteiger partial charge on any atom is -0.339 e. The van der Waals surface area contributed by atoms with E-state index >= 15 is 0 Å². The molecule has 1 saturated heterocycles. The predicted octanol–water partition coefficient (Wildman–Crippen LogP) is 4.58. The Bertz CT molecular complexity index is 656. The highest BCUT2D eigenvalue weighted by Crippen LogP contribution is 2.29. The first-order valence-electron chi connectivity index (χ1n) is 6.88. The van der Waals surface area contributed by atoms with Gasteiger partial charge >= 0.3 is 0 Å². The van der Waals surface area contributed by atoms with Gasteiger partial charge in [0.25, 0.3) is 0 Å². The van der Waals surface area contributed by atoms with Crippen molar-refractivity contribution < 1.29 is 4.79 Å². The third kappa shape index (κ3) is 3.05. The molecule has 104 valence electrons. The number of fused-ring (bicyclic) bond motifs is 1. The fraction of sp³-hybridized carbons (Fsp3) is 0.312. The first kappa shape index (κ1) is 13.7. The van der Waals surface area contributed by atoms with Crippen molar-refractivity contribution in [3.8, 4) is 0 Å². The second-order valence-corrected chi connectivity index (χ2v) is 6.60. The third-order valence-corrected chi connectivity index (χ3v) is 4.86. The van der Waals surface area contributed by atoms with Crippen LogP contribution >= 0.6 is 22.9 Å². The highest BCUT2D eigenvalue weighted by atomic mass is 35.5. The van der Waals surface area contributed by atoms with Crippen LogP contribution in [0.25, 0.3) is 16.2 Å². The molecule has 0 atom stereocenters. The van der Waals surface area contributed by atoms with Crippen molar-refractivity contribution in [3.63, 3.8) is 0 Å². The van der Waals surface area contributed by atoms with E-state index < -0.39 is 0 Å². The summed E-state index contributed by atoms with van der Waals surface area (Å²) in [5, 5.41) is 1.92. The smallest absolute Gasteiger partial charge is 0.246 e. The number of thiophene rings is 1. The average Bonchev–Trinajstić information content (AvgIpc) is 2.87. The second-order valence-electron chi connectivity index (χ2n) is 5.05. The zero-order valence-corrected chi connectivity index (χ0v) is 12.7. The van der Waals surface area contributed by atoms with Crippen molar-refractivity contribution in [2.24, 2.45) is 0 Å². The molecule has 4 heteroatoms. The van der Waals surface area contributed by atoms with Crippen LogP contribution in [0.2, 0.25) is 5.02 Å². The van der Waals surface area contributed by atoms with Crippen LogP contribution in [0.15, 0.2) is 30.3 Å². The molecule has 3 rings (SSSR count). The third-order valence-electron chi connectivity index (χ3n) is 3.56. The van der Waals surface area contributed by atoms with E-state index in [-0.39, 0.29) is 5.91 Å². The Balaban J connectivity index is 1.74. The molecule has 0 unspecified atom stereocenters. The van der Waals surface area contributed by atoms with Crippen LogP contribution in [0.1, 0.15) is 24.1 Å². The number of rotatable bonds is 2. The summed E-state index contributed by atoms with van der Waals surface area (Å²) in [7, 11) is 0. The van der Waals surface area contributed by atoms with E-state index in [0.29, 0.717) is 0 Å². The quantitative estimate of drug-likeness (QED) is 0.744. The van der Waals surface area contributed by atoms with Crippen molar-refractivity contribution in [1.29, 1.82) is 0 Å². The van der Waals surface area contributed by atoms with Gasteiger partial charge in [0.15, 0.2) is 0 Å².